The molecule has 0 saturated carbocycles. The Morgan fingerprint density at radius 1 is 1.00 bits per heavy atom. The van der Waals surface area contributed by atoms with E-state index in [-0.39, 0.29) is 6.10 Å². The minimum atomic E-state index is -0.254. The molecule has 0 aliphatic carbocycles. The van der Waals surface area contributed by atoms with Gasteiger partial charge in [-0.1, -0.05) is 0 Å². The average Bonchev–Trinajstić information content (AvgIpc) is 2.39. The van der Waals surface area contributed by atoms with E-state index in [9.17, 15) is 0 Å². The molecule has 0 aliphatic rings. The fourth-order valence-electron chi connectivity index (χ4n) is 1.07. The molecule has 0 rings (SSSR count). The summed E-state index contributed by atoms with van der Waals surface area (Å²) in [5.41, 5.74) is 0. The molecule has 0 heterocycles. The molecule has 0 N–H and O–H groups in total. The summed E-state index contributed by atoms with van der Waals surface area (Å²) in [7, 11) is 0. The van der Waals surface area contributed by atoms with Crippen molar-refractivity contribution in [2.24, 2.45) is 0 Å². The van der Waals surface area contributed by atoms with E-state index in [0.717, 1.165) is 0 Å². The third kappa shape index (κ3) is 10.9. The van der Waals surface area contributed by atoms with Crippen molar-refractivity contribution >= 4 is 0 Å². The lowest BCUT2D eigenvalue weighted by atomic mass is 10.4. The first-order chi connectivity index (χ1) is 8.85. The molecule has 0 aliphatic heterocycles. The Morgan fingerprint density at radius 2 is 1.61 bits per heavy atom. The van der Waals surface area contributed by atoms with E-state index in [2.05, 4.69) is 9.69 Å². The van der Waals surface area contributed by atoms with Crippen LogP contribution in [0, 0.1) is 24.5 Å². The largest absolute Gasteiger partial charge is 0.378 e. The monoisotopic (exact) mass is 251 g/mol. The van der Waals surface area contributed by atoms with Crippen LogP contribution in [0.4, 0.5) is 0 Å². The van der Waals surface area contributed by atoms with Crippen molar-refractivity contribution in [3.8, 4) is 6.07 Å². The van der Waals surface area contributed by atoms with Gasteiger partial charge in [0.05, 0.1) is 32.3 Å². The molecular weight excluding hydrogens is 234 g/mol. The highest BCUT2D eigenvalue weighted by Crippen LogP contribution is 1.97. The Labute approximate surface area is 108 Å². The summed E-state index contributed by atoms with van der Waals surface area (Å²) < 4.78 is 15.9. The summed E-state index contributed by atoms with van der Waals surface area (Å²) in [5.74, 6) is 0. The fraction of sp³-hybridized carbons (Fsp3) is 0.750. The van der Waals surface area contributed by atoms with Gasteiger partial charge in [0.2, 0.25) is 13.1 Å². The van der Waals surface area contributed by atoms with E-state index < -0.39 is 0 Å². The van der Waals surface area contributed by atoms with E-state index in [0.29, 0.717) is 52.5 Å². The summed E-state index contributed by atoms with van der Waals surface area (Å²) in [6.45, 7) is 15.6. The number of rotatable bonds is 11. The van der Waals surface area contributed by atoms with Gasteiger partial charge in [0.1, 0.15) is 19.3 Å². The first kappa shape index (κ1) is 16.4. The molecule has 0 saturated heterocycles. The van der Waals surface area contributed by atoms with Crippen molar-refractivity contribution in [1.82, 2.24) is 0 Å². The first-order valence-corrected chi connectivity index (χ1v) is 5.65. The molecule has 6 heteroatoms. The maximum absolute atomic E-state index is 8.36. The van der Waals surface area contributed by atoms with Crippen molar-refractivity contribution in [2.75, 3.05) is 46.1 Å². The first-order valence-electron chi connectivity index (χ1n) is 5.65. The van der Waals surface area contributed by atoms with Gasteiger partial charge in [-0.25, -0.2) is 13.1 Å². The van der Waals surface area contributed by atoms with Gasteiger partial charge in [0.15, 0.2) is 0 Å². The molecule has 18 heavy (non-hydrogen) atoms. The van der Waals surface area contributed by atoms with Crippen LogP contribution in [0.25, 0.3) is 9.69 Å². The molecule has 1 atom stereocenters. The Kier molecular flexibility index (Phi) is 12.2. The molecule has 0 aromatic carbocycles. The topological polar surface area (TPSA) is 60.2 Å². The van der Waals surface area contributed by atoms with Crippen LogP contribution in [0.5, 0.6) is 0 Å². The minimum Gasteiger partial charge on any atom is -0.378 e. The summed E-state index contributed by atoms with van der Waals surface area (Å²) in [6, 6.07) is 1.98. The predicted octanol–water partition coefficient (Wildman–Crippen LogP) is 1.16. The van der Waals surface area contributed by atoms with Gasteiger partial charge in [0, 0.05) is 0 Å². The minimum absolute atomic E-state index is 0.254. The second-order valence-corrected chi connectivity index (χ2v) is 3.31. The number of nitrogens with zero attached hydrogens (tertiary/aromatic N) is 3. The predicted molar refractivity (Wildman–Crippen MR) is 64.5 cm³/mol. The molecular formula is C12H17N3O3. The quantitative estimate of drug-likeness (QED) is 0.408. The Hall–Kier alpha value is -1.65. The molecule has 0 aromatic heterocycles. The lowest BCUT2D eigenvalue weighted by Gasteiger charge is -2.16. The molecule has 6 nitrogen and oxygen atoms in total. The summed E-state index contributed by atoms with van der Waals surface area (Å²) in [6.07, 6.45) is 0.0871. The van der Waals surface area contributed by atoms with Gasteiger partial charge in [0.25, 0.3) is 0 Å². The molecule has 0 amide bonds. The highest BCUT2D eigenvalue weighted by atomic mass is 16.6. The van der Waals surface area contributed by atoms with Crippen LogP contribution in [0.1, 0.15) is 6.42 Å². The maximum atomic E-state index is 8.36. The number of hydrogen-bond donors (Lipinski definition) is 0. The van der Waals surface area contributed by atoms with Crippen molar-refractivity contribution in [3.05, 3.63) is 22.8 Å². The van der Waals surface area contributed by atoms with Gasteiger partial charge in [-0.15, -0.1) is 0 Å². The third-order valence-corrected chi connectivity index (χ3v) is 1.87. The van der Waals surface area contributed by atoms with Crippen molar-refractivity contribution < 1.29 is 14.2 Å². The Balaban J connectivity index is 3.74. The summed E-state index contributed by atoms with van der Waals surface area (Å²) in [4.78, 5) is 6.36. The van der Waals surface area contributed by atoms with Gasteiger partial charge >= 0.3 is 0 Å². The van der Waals surface area contributed by atoms with Gasteiger partial charge in [-0.05, 0) is 0 Å². The Morgan fingerprint density at radius 3 is 2.22 bits per heavy atom. The zero-order chi connectivity index (χ0) is 13.5. The van der Waals surface area contributed by atoms with E-state index >= 15 is 0 Å². The summed E-state index contributed by atoms with van der Waals surface area (Å²) in [5, 5.41) is 8.36. The van der Waals surface area contributed by atoms with Crippen LogP contribution < -0.4 is 0 Å². The standard InChI is InChI=1S/C12H17N3O3/c1-14-5-8-17-11-12(18-9-6-15-2)10-16-7-3-4-13/h12H,3,5-11H2. The molecule has 0 radical (unpaired) electrons. The zero-order valence-corrected chi connectivity index (χ0v) is 10.3. The highest BCUT2D eigenvalue weighted by molar-refractivity contribution is 4.68. The molecule has 0 aromatic rings. The van der Waals surface area contributed by atoms with Crippen molar-refractivity contribution in [1.29, 1.82) is 5.26 Å². The highest BCUT2D eigenvalue weighted by Gasteiger charge is 2.10. The third-order valence-electron chi connectivity index (χ3n) is 1.87. The number of ether oxygens (including phenoxy) is 3. The Bertz CT molecular complexity index is 292. The summed E-state index contributed by atoms with van der Waals surface area (Å²) >= 11 is 0. The lowest BCUT2D eigenvalue weighted by Crippen LogP contribution is -2.27. The molecule has 98 valence electrons. The van der Waals surface area contributed by atoms with E-state index in [1.165, 1.54) is 0 Å². The van der Waals surface area contributed by atoms with Crippen LogP contribution in [0.15, 0.2) is 0 Å². The normalized spacial score (nSPS) is 11.2. The van der Waals surface area contributed by atoms with Crippen LogP contribution >= 0.6 is 0 Å². The van der Waals surface area contributed by atoms with Crippen LogP contribution in [0.3, 0.4) is 0 Å². The molecule has 0 fully saturated rings. The molecule has 0 spiro atoms. The SMILES string of the molecule is [C-]#[N+]CCOCC(COCCC#N)OCC[N+]#[C-]. The zero-order valence-electron chi connectivity index (χ0n) is 10.3. The second-order valence-electron chi connectivity index (χ2n) is 3.31. The number of nitriles is 1. The second kappa shape index (κ2) is 13.4. The van der Waals surface area contributed by atoms with Crippen LogP contribution in [-0.4, -0.2) is 52.2 Å². The van der Waals surface area contributed by atoms with Crippen molar-refractivity contribution in [3.63, 3.8) is 0 Å². The van der Waals surface area contributed by atoms with E-state index in [4.69, 9.17) is 32.6 Å². The van der Waals surface area contributed by atoms with Gasteiger partial charge in [-0.3, -0.25) is 0 Å². The van der Waals surface area contributed by atoms with Crippen LogP contribution in [0.2, 0.25) is 0 Å². The van der Waals surface area contributed by atoms with Crippen molar-refractivity contribution in [2.45, 2.75) is 12.5 Å². The van der Waals surface area contributed by atoms with E-state index in [1.54, 1.807) is 0 Å². The fourth-order valence-corrected chi connectivity index (χ4v) is 1.07. The van der Waals surface area contributed by atoms with Gasteiger partial charge in [-0.2, -0.15) is 5.26 Å². The maximum Gasteiger partial charge on any atom is 0.237 e. The number of hydrogen-bond acceptors (Lipinski definition) is 4. The molecule has 1 unspecified atom stereocenters. The van der Waals surface area contributed by atoms with Crippen LogP contribution in [-0.2, 0) is 14.2 Å². The smallest absolute Gasteiger partial charge is 0.237 e. The van der Waals surface area contributed by atoms with Gasteiger partial charge < -0.3 is 23.9 Å². The average molecular weight is 251 g/mol. The van der Waals surface area contributed by atoms with E-state index in [1.807, 2.05) is 6.07 Å². The lowest BCUT2D eigenvalue weighted by molar-refractivity contribution is -0.0541. The molecule has 0 bridgehead atoms.